The van der Waals surface area contributed by atoms with Gasteiger partial charge in [-0.05, 0) is 11.6 Å². The summed E-state index contributed by atoms with van der Waals surface area (Å²) in [5, 5.41) is 9.35. The zero-order chi connectivity index (χ0) is 16.0. The molecule has 0 atom stereocenters. The van der Waals surface area contributed by atoms with Gasteiger partial charge in [0.1, 0.15) is 17.6 Å². The number of rotatable bonds is 6. The second-order valence-corrected chi connectivity index (χ2v) is 6.70. The first-order valence-electron chi connectivity index (χ1n) is 5.55. The van der Waals surface area contributed by atoms with Gasteiger partial charge in [0.15, 0.2) is 0 Å². The van der Waals surface area contributed by atoms with Crippen molar-refractivity contribution in [2.75, 3.05) is 14.2 Å². The average molecular weight is 424 g/mol. The van der Waals surface area contributed by atoms with Gasteiger partial charge in [0.05, 0.1) is 18.0 Å². The molecule has 1 aromatic rings. The molecular formula is C13H12Br2O6. The molecule has 0 bridgehead atoms. The van der Waals surface area contributed by atoms with Crippen LogP contribution in [0.25, 0.3) is 0 Å². The minimum atomic E-state index is -1.19. The molecule has 0 spiro atoms. The summed E-state index contributed by atoms with van der Waals surface area (Å²) >= 11 is 6.48. The van der Waals surface area contributed by atoms with Crippen molar-refractivity contribution < 1.29 is 28.9 Å². The summed E-state index contributed by atoms with van der Waals surface area (Å²) in [6.07, 6.45) is 1.03. The van der Waals surface area contributed by atoms with Crippen LogP contribution in [-0.2, 0) is 14.3 Å². The zero-order valence-electron chi connectivity index (χ0n) is 11.1. The fourth-order valence-corrected chi connectivity index (χ4v) is 2.25. The summed E-state index contributed by atoms with van der Waals surface area (Å²) in [6, 6.07) is 4.65. The summed E-state index contributed by atoms with van der Waals surface area (Å²) in [7, 11) is 2.50. The lowest BCUT2D eigenvalue weighted by molar-refractivity contribution is -0.138. The Morgan fingerprint density at radius 1 is 1.29 bits per heavy atom. The molecule has 21 heavy (non-hydrogen) atoms. The summed E-state index contributed by atoms with van der Waals surface area (Å²) in [5.74, 6) is -2.24. The lowest BCUT2D eigenvalue weighted by Gasteiger charge is -2.14. The van der Waals surface area contributed by atoms with Crippen molar-refractivity contribution >= 4 is 43.8 Å². The Bertz CT molecular complexity index is 568. The summed E-state index contributed by atoms with van der Waals surface area (Å²) in [4.78, 5) is 23.0. The molecule has 0 aromatic heterocycles. The minimum Gasteiger partial charge on any atom is -0.500 e. The van der Waals surface area contributed by atoms with E-state index in [1.807, 2.05) is 0 Å². The molecule has 0 radical (unpaired) electrons. The maximum atomic E-state index is 11.5. The van der Waals surface area contributed by atoms with Crippen LogP contribution >= 0.6 is 31.9 Å². The highest BCUT2D eigenvalue weighted by molar-refractivity contribution is 9.24. The predicted molar refractivity (Wildman–Crippen MR) is 81.7 cm³/mol. The van der Waals surface area contributed by atoms with Gasteiger partial charge in [-0.2, -0.15) is 0 Å². The molecule has 0 fully saturated rings. The van der Waals surface area contributed by atoms with Crippen LogP contribution < -0.4 is 4.74 Å². The molecule has 6 nitrogen and oxygen atoms in total. The highest BCUT2D eigenvalue weighted by atomic mass is 79.9. The molecule has 0 heterocycles. The number of carboxylic acids is 1. The molecule has 0 amide bonds. The molecule has 1 rings (SSSR count). The van der Waals surface area contributed by atoms with Gasteiger partial charge in [-0.15, -0.1) is 0 Å². The van der Waals surface area contributed by atoms with Crippen LogP contribution in [0.3, 0.4) is 0 Å². The van der Waals surface area contributed by atoms with Gasteiger partial charge < -0.3 is 19.3 Å². The van der Waals surface area contributed by atoms with Gasteiger partial charge in [0.25, 0.3) is 0 Å². The molecule has 1 aromatic carbocycles. The Morgan fingerprint density at radius 3 is 2.43 bits per heavy atom. The molecule has 0 saturated carbocycles. The monoisotopic (exact) mass is 422 g/mol. The van der Waals surface area contributed by atoms with Gasteiger partial charge in [0, 0.05) is 0 Å². The van der Waals surface area contributed by atoms with Crippen LogP contribution in [0.5, 0.6) is 5.75 Å². The minimum absolute atomic E-state index is 0.00222. The number of hydrogen-bond donors (Lipinski definition) is 1. The van der Waals surface area contributed by atoms with Crippen molar-refractivity contribution in [2.24, 2.45) is 0 Å². The lowest BCUT2D eigenvalue weighted by Crippen LogP contribution is -2.14. The number of hydrogen-bond acceptors (Lipinski definition) is 5. The smallest absolute Gasteiger partial charge is 0.377 e. The number of alkyl halides is 2. The molecule has 0 aliphatic carbocycles. The van der Waals surface area contributed by atoms with E-state index in [9.17, 15) is 14.7 Å². The van der Waals surface area contributed by atoms with Gasteiger partial charge >= 0.3 is 11.9 Å². The first kappa shape index (κ1) is 17.5. The molecule has 0 aliphatic rings. The maximum absolute atomic E-state index is 11.5. The molecule has 1 N–H and O–H groups in total. The third kappa shape index (κ3) is 4.47. The van der Waals surface area contributed by atoms with Crippen LogP contribution in [0.15, 0.2) is 30.2 Å². The Kier molecular flexibility index (Phi) is 6.70. The molecular weight excluding hydrogens is 412 g/mol. The SMILES string of the molecule is COC=C(Oc1cccc(C(Br)Br)c1C(=O)O)C(=O)OC. The fourth-order valence-electron chi connectivity index (χ4n) is 1.48. The number of carboxylic acid groups (broad SMARTS) is 1. The van der Waals surface area contributed by atoms with Gasteiger partial charge in [-0.25, -0.2) is 9.59 Å². The number of carbonyl (C=O) groups excluding carboxylic acids is 1. The number of ether oxygens (including phenoxy) is 3. The summed E-state index contributed by atoms with van der Waals surface area (Å²) < 4.78 is 14.2. The predicted octanol–water partition coefficient (Wildman–Crippen LogP) is 3.21. The maximum Gasteiger partial charge on any atom is 0.377 e. The third-order valence-electron chi connectivity index (χ3n) is 2.34. The van der Waals surface area contributed by atoms with Gasteiger partial charge in [-0.3, -0.25) is 0 Å². The highest BCUT2D eigenvalue weighted by Gasteiger charge is 2.23. The number of esters is 1. The number of carbonyl (C=O) groups is 2. The van der Waals surface area contributed by atoms with E-state index >= 15 is 0 Å². The van der Waals surface area contributed by atoms with E-state index in [0.29, 0.717) is 5.56 Å². The number of halogens is 2. The van der Waals surface area contributed by atoms with E-state index in [0.717, 1.165) is 6.26 Å². The molecule has 0 unspecified atom stereocenters. The van der Waals surface area contributed by atoms with Crippen LogP contribution in [-0.4, -0.2) is 31.3 Å². The highest BCUT2D eigenvalue weighted by Crippen LogP contribution is 2.36. The standard InChI is InChI=1S/C13H12Br2O6/c1-19-6-9(13(18)20-2)21-8-5-3-4-7(11(14)15)10(8)12(16)17/h3-6,11H,1-2H3,(H,16,17). The summed E-state index contributed by atoms with van der Waals surface area (Å²) in [6.45, 7) is 0. The van der Waals surface area contributed by atoms with Crippen molar-refractivity contribution in [3.05, 3.63) is 41.3 Å². The quantitative estimate of drug-likeness (QED) is 0.327. The van der Waals surface area contributed by atoms with Gasteiger partial charge in [0.2, 0.25) is 5.76 Å². The van der Waals surface area contributed by atoms with Crippen LogP contribution in [0.2, 0.25) is 0 Å². The Hall–Kier alpha value is -1.54. The molecule has 0 aliphatic heterocycles. The average Bonchev–Trinajstić information content (AvgIpc) is 2.45. The van der Waals surface area contributed by atoms with E-state index in [4.69, 9.17) is 9.47 Å². The molecule has 8 heteroatoms. The normalized spacial score (nSPS) is 11.2. The molecule has 114 valence electrons. The fraction of sp³-hybridized carbons (Fsp3) is 0.231. The Balaban J connectivity index is 3.30. The van der Waals surface area contributed by atoms with E-state index in [1.165, 1.54) is 20.3 Å². The number of benzene rings is 1. The number of methoxy groups -OCH3 is 2. The Labute approximate surface area is 137 Å². The second kappa shape index (κ2) is 8.04. The number of aromatic carboxylic acids is 1. The van der Waals surface area contributed by atoms with Gasteiger partial charge in [-0.1, -0.05) is 44.0 Å². The lowest BCUT2D eigenvalue weighted by atomic mass is 10.1. The van der Waals surface area contributed by atoms with E-state index in [2.05, 4.69) is 36.6 Å². The van der Waals surface area contributed by atoms with E-state index in [1.54, 1.807) is 12.1 Å². The van der Waals surface area contributed by atoms with E-state index < -0.39 is 11.9 Å². The van der Waals surface area contributed by atoms with Crippen molar-refractivity contribution in [3.63, 3.8) is 0 Å². The van der Waals surface area contributed by atoms with Crippen LogP contribution in [0.4, 0.5) is 0 Å². The van der Waals surface area contributed by atoms with Crippen molar-refractivity contribution in [1.82, 2.24) is 0 Å². The Morgan fingerprint density at radius 2 is 1.95 bits per heavy atom. The third-order valence-corrected chi connectivity index (χ3v) is 3.33. The summed E-state index contributed by atoms with van der Waals surface area (Å²) in [5.41, 5.74) is 0.365. The van der Waals surface area contributed by atoms with Crippen molar-refractivity contribution in [3.8, 4) is 5.75 Å². The molecule has 0 saturated heterocycles. The first-order valence-corrected chi connectivity index (χ1v) is 7.39. The largest absolute Gasteiger partial charge is 0.500 e. The first-order chi connectivity index (χ1) is 9.92. The topological polar surface area (TPSA) is 82.1 Å². The van der Waals surface area contributed by atoms with Crippen molar-refractivity contribution in [1.29, 1.82) is 0 Å². The van der Waals surface area contributed by atoms with Crippen LogP contribution in [0, 0.1) is 0 Å². The van der Waals surface area contributed by atoms with Crippen molar-refractivity contribution in [2.45, 2.75) is 3.74 Å². The second-order valence-electron chi connectivity index (χ2n) is 3.64. The zero-order valence-corrected chi connectivity index (χ0v) is 14.3. The van der Waals surface area contributed by atoms with Crippen LogP contribution in [0.1, 0.15) is 19.7 Å². The van der Waals surface area contributed by atoms with E-state index in [-0.39, 0.29) is 20.8 Å².